The summed E-state index contributed by atoms with van der Waals surface area (Å²) in [7, 11) is 0. The third-order valence-electron chi connectivity index (χ3n) is 3.29. The van der Waals surface area contributed by atoms with Crippen LogP contribution in [-0.2, 0) is 4.79 Å². The number of rotatable bonds is 5. The highest BCUT2D eigenvalue weighted by Gasteiger charge is 2.42. The molecule has 0 radical (unpaired) electrons. The van der Waals surface area contributed by atoms with E-state index in [2.05, 4.69) is 10.6 Å². The minimum atomic E-state index is 0.0352. The van der Waals surface area contributed by atoms with Gasteiger partial charge in [0.2, 0.25) is 5.91 Å². The number of aliphatic hydroxyl groups excluding tert-OH is 1. The van der Waals surface area contributed by atoms with E-state index in [1.165, 1.54) is 0 Å². The molecular weight excluding hydrogens is 180 g/mol. The van der Waals surface area contributed by atoms with Crippen molar-refractivity contribution in [3.8, 4) is 0 Å². The van der Waals surface area contributed by atoms with Crippen molar-refractivity contribution >= 4 is 5.91 Å². The van der Waals surface area contributed by atoms with E-state index in [0.29, 0.717) is 18.9 Å². The summed E-state index contributed by atoms with van der Waals surface area (Å²) in [5.41, 5.74) is 0.0352. The zero-order valence-corrected chi connectivity index (χ0v) is 8.38. The van der Waals surface area contributed by atoms with Crippen LogP contribution in [0.5, 0.6) is 0 Å². The van der Waals surface area contributed by atoms with Gasteiger partial charge < -0.3 is 15.7 Å². The van der Waals surface area contributed by atoms with Crippen LogP contribution < -0.4 is 10.6 Å². The first-order valence-electron chi connectivity index (χ1n) is 5.32. The first kappa shape index (κ1) is 9.93. The minimum Gasteiger partial charge on any atom is -0.396 e. The second-order valence-corrected chi connectivity index (χ2v) is 4.66. The van der Waals surface area contributed by atoms with Crippen molar-refractivity contribution in [2.75, 3.05) is 26.2 Å². The van der Waals surface area contributed by atoms with Crippen molar-refractivity contribution in [3.63, 3.8) is 0 Å². The number of carbonyl (C=O) groups is 1. The van der Waals surface area contributed by atoms with Crippen LogP contribution in [0.25, 0.3) is 0 Å². The lowest BCUT2D eigenvalue weighted by atomic mass is 9.99. The average molecular weight is 198 g/mol. The Bertz CT molecular complexity index is 222. The Morgan fingerprint density at radius 2 is 2.21 bits per heavy atom. The van der Waals surface area contributed by atoms with E-state index in [0.717, 1.165) is 25.9 Å². The number of hydrogen-bond donors (Lipinski definition) is 3. The molecule has 2 fully saturated rings. The van der Waals surface area contributed by atoms with Crippen LogP contribution in [0.2, 0.25) is 0 Å². The summed E-state index contributed by atoms with van der Waals surface area (Å²) in [6, 6.07) is 0. The SMILES string of the molecule is O=C(CC1CNC1)NCC1(CO)CC1. The van der Waals surface area contributed by atoms with Gasteiger partial charge in [0, 0.05) is 18.4 Å². The van der Waals surface area contributed by atoms with Crippen LogP contribution in [0.3, 0.4) is 0 Å². The molecule has 4 nitrogen and oxygen atoms in total. The fourth-order valence-corrected chi connectivity index (χ4v) is 1.68. The predicted octanol–water partition coefficient (Wildman–Crippen LogP) is -0.515. The van der Waals surface area contributed by atoms with Gasteiger partial charge in [0.25, 0.3) is 0 Å². The Hall–Kier alpha value is -0.610. The summed E-state index contributed by atoms with van der Waals surface area (Å²) in [6.45, 7) is 2.80. The summed E-state index contributed by atoms with van der Waals surface area (Å²) in [5, 5.41) is 15.1. The highest BCUT2D eigenvalue weighted by atomic mass is 16.3. The number of carbonyl (C=O) groups excluding carboxylic acids is 1. The lowest BCUT2D eigenvalue weighted by Gasteiger charge is -2.26. The molecule has 0 unspecified atom stereocenters. The van der Waals surface area contributed by atoms with Gasteiger partial charge >= 0.3 is 0 Å². The van der Waals surface area contributed by atoms with E-state index in [4.69, 9.17) is 5.11 Å². The molecule has 2 rings (SSSR count). The molecule has 0 aromatic rings. The van der Waals surface area contributed by atoms with Crippen LogP contribution in [0, 0.1) is 11.3 Å². The summed E-state index contributed by atoms with van der Waals surface area (Å²) < 4.78 is 0. The zero-order chi connectivity index (χ0) is 10.0. The van der Waals surface area contributed by atoms with E-state index < -0.39 is 0 Å². The van der Waals surface area contributed by atoms with Crippen LogP contribution >= 0.6 is 0 Å². The van der Waals surface area contributed by atoms with Crippen molar-refractivity contribution < 1.29 is 9.90 Å². The first-order chi connectivity index (χ1) is 6.74. The summed E-state index contributed by atoms with van der Waals surface area (Å²) >= 11 is 0. The molecule has 0 atom stereocenters. The molecule has 0 aromatic carbocycles. The maximum Gasteiger partial charge on any atom is 0.220 e. The quantitative estimate of drug-likeness (QED) is 0.557. The highest BCUT2D eigenvalue weighted by Crippen LogP contribution is 2.44. The molecule has 1 saturated carbocycles. The van der Waals surface area contributed by atoms with Gasteiger partial charge in [-0.05, 0) is 31.8 Å². The first-order valence-corrected chi connectivity index (χ1v) is 5.32. The molecule has 0 bridgehead atoms. The third kappa shape index (κ3) is 2.25. The minimum absolute atomic E-state index is 0.0352. The van der Waals surface area contributed by atoms with Crippen molar-refractivity contribution in [2.45, 2.75) is 19.3 Å². The largest absolute Gasteiger partial charge is 0.396 e. The van der Waals surface area contributed by atoms with E-state index in [1.807, 2.05) is 0 Å². The van der Waals surface area contributed by atoms with Crippen molar-refractivity contribution in [1.82, 2.24) is 10.6 Å². The van der Waals surface area contributed by atoms with Gasteiger partial charge in [0.05, 0.1) is 6.61 Å². The number of amides is 1. The average Bonchev–Trinajstić information content (AvgIpc) is 2.89. The molecular formula is C10H18N2O2. The van der Waals surface area contributed by atoms with Crippen molar-refractivity contribution in [2.24, 2.45) is 11.3 Å². The number of hydrogen-bond acceptors (Lipinski definition) is 3. The normalized spacial score (nSPS) is 24.1. The van der Waals surface area contributed by atoms with E-state index in [-0.39, 0.29) is 17.9 Å². The van der Waals surface area contributed by atoms with Gasteiger partial charge in [-0.1, -0.05) is 0 Å². The molecule has 1 aliphatic heterocycles. The summed E-state index contributed by atoms with van der Waals surface area (Å²) in [6.07, 6.45) is 2.73. The van der Waals surface area contributed by atoms with Gasteiger partial charge in [-0.15, -0.1) is 0 Å². The smallest absolute Gasteiger partial charge is 0.220 e. The Morgan fingerprint density at radius 1 is 1.50 bits per heavy atom. The van der Waals surface area contributed by atoms with Gasteiger partial charge in [-0.25, -0.2) is 0 Å². The Labute approximate surface area is 84.1 Å². The summed E-state index contributed by atoms with van der Waals surface area (Å²) in [4.78, 5) is 11.4. The molecule has 80 valence electrons. The van der Waals surface area contributed by atoms with Gasteiger partial charge in [0.15, 0.2) is 0 Å². The van der Waals surface area contributed by atoms with Gasteiger partial charge in [-0.2, -0.15) is 0 Å². The lowest BCUT2D eigenvalue weighted by Crippen LogP contribution is -2.45. The van der Waals surface area contributed by atoms with Crippen molar-refractivity contribution in [1.29, 1.82) is 0 Å². The molecule has 1 saturated heterocycles. The number of aliphatic hydroxyl groups is 1. The topological polar surface area (TPSA) is 61.4 Å². The van der Waals surface area contributed by atoms with Crippen LogP contribution in [0.4, 0.5) is 0 Å². The molecule has 0 aromatic heterocycles. The van der Waals surface area contributed by atoms with Crippen molar-refractivity contribution in [3.05, 3.63) is 0 Å². The fourth-order valence-electron chi connectivity index (χ4n) is 1.68. The van der Waals surface area contributed by atoms with E-state index in [9.17, 15) is 4.79 Å². The van der Waals surface area contributed by atoms with E-state index in [1.54, 1.807) is 0 Å². The molecule has 1 heterocycles. The standard InChI is InChI=1S/C10H18N2O2/c13-7-10(1-2-10)6-12-9(14)3-8-4-11-5-8/h8,11,13H,1-7H2,(H,12,14). The second-order valence-electron chi connectivity index (χ2n) is 4.66. The highest BCUT2D eigenvalue weighted by molar-refractivity contribution is 5.76. The predicted molar refractivity (Wildman–Crippen MR) is 52.7 cm³/mol. The molecule has 14 heavy (non-hydrogen) atoms. The maximum atomic E-state index is 11.4. The molecule has 3 N–H and O–H groups in total. The zero-order valence-electron chi connectivity index (χ0n) is 8.38. The fraction of sp³-hybridized carbons (Fsp3) is 0.900. The van der Waals surface area contributed by atoms with Gasteiger partial charge in [-0.3, -0.25) is 4.79 Å². The Morgan fingerprint density at radius 3 is 2.64 bits per heavy atom. The third-order valence-corrected chi connectivity index (χ3v) is 3.29. The molecule has 1 aliphatic carbocycles. The van der Waals surface area contributed by atoms with Crippen LogP contribution in [-0.4, -0.2) is 37.3 Å². The van der Waals surface area contributed by atoms with E-state index >= 15 is 0 Å². The molecule has 0 spiro atoms. The van der Waals surface area contributed by atoms with Crippen LogP contribution in [0.15, 0.2) is 0 Å². The monoisotopic (exact) mass is 198 g/mol. The Kier molecular flexibility index (Phi) is 2.74. The molecule has 2 aliphatic rings. The Balaban J connectivity index is 1.62. The van der Waals surface area contributed by atoms with Crippen LogP contribution in [0.1, 0.15) is 19.3 Å². The molecule has 1 amide bonds. The lowest BCUT2D eigenvalue weighted by molar-refractivity contribution is -0.122. The molecule has 4 heteroatoms. The summed E-state index contributed by atoms with van der Waals surface area (Å²) in [5.74, 6) is 0.663. The number of nitrogens with one attached hydrogen (secondary N) is 2. The van der Waals surface area contributed by atoms with Gasteiger partial charge in [0.1, 0.15) is 0 Å². The second kappa shape index (κ2) is 3.87. The maximum absolute atomic E-state index is 11.4.